The number of methoxy groups -OCH3 is 1. The second-order valence-electron chi connectivity index (χ2n) is 6.74. The zero-order valence-corrected chi connectivity index (χ0v) is 21.2. The lowest BCUT2D eigenvalue weighted by atomic mass is 10.1. The van der Waals surface area contributed by atoms with Crippen LogP contribution in [0.4, 0.5) is 5.69 Å². The Morgan fingerprint density at radius 1 is 1.09 bits per heavy atom. The number of nitrogens with one attached hydrogen (secondary N) is 2. The van der Waals surface area contributed by atoms with E-state index in [0.29, 0.717) is 35.8 Å². The molecule has 32 heavy (non-hydrogen) atoms. The van der Waals surface area contributed by atoms with Gasteiger partial charge in [-0.2, -0.15) is 4.98 Å². The van der Waals surface area contributed by atoms with E-state index in [1.807, 2.05) is 44.2 Å². The van der Waals surface area contributed by atoms with E-state index < -0.39 is 0 Å². The highest BCUT2D eigenvalue weighted by molar-refractivity contribution is 14.0. The largest absolute Gasteiger partial charge is 0.493 e. The third kappa shape index (κ3) is 6.84. The van der Waals surface area contributed by atoms with Crippen LogP contribution in [0.5, 0.6) is 11.5 Å². The molecule has 9 heteroatoms. The lowest BCUT2D eigenvalue weighted by Gasteiger charge is -2.14. The van der Waals surface area contributed by atoms with Crippen molar-refractivity contribution in [2.24, 2.45) is 4.99 Å². The second kappa shape index (κ2) is 12.9. The van der Waals surface area contributed by atoms with Gasteiger partial charge in [0.05, 0.1) is 13.7 Å². The fourth-order valence-corrected chi connectivity index (χ4v) is 2.99. The summed E-state index contributed by atoms with van der Waals surface area (Å²) in [5.74, 6) is 3.34. The van der Waals surface area contributed by atoms with Crippen molar-refractivity contribution in [2.45, 2.75) is 26.7 Å². The molecule has 0 aliphatic heterocycles. The summed E-state index contributed by atoms with van der Waals surface area (Å²) in [6.45, 7) is 5.26. The summed E-state index contributed by atoms with van der Waals surface area (Å²) >= 11 is 0. The molecule has 3 rings (SSSR count). The molecule has 0 amide bonds. The van der Waals surface area contributed by atoms with Crippen LogP contribution in [0.25, 0.3) is 11.5 Å². The highest BCUT2D eigenvalue weighted by atomic mass is 127. The van der Waals surface area contributed by atoms with Gasteiger partial charge in [-0.3, -0.25) is 4.99 Å². The van der Waals surface area contributed by atoms with Gasteiger partial charge < -0.3 is 24.6 Å². The maximum absolute atomic E-state index is 5.56. The molecule has 0 radical (unpaired) electrons. The number of hydrogen-bond donors (Lipinski definition) is 2. The number of aryl methyl sites for hydroxylation is 1. The van der Waals surface area contributed by atoms with Gasteiger partial charge in [-0.1, -0.05) is 24.2 Å². The monoisotopic (exact) mass is 551 g/mol. The first-order valence-electron chi connectivity index (χ1n) is 10.4. The summed E-state index contributed by atoms with van der Waals surface area (Å²) in [5, 5.41) is 10.5. The lowest BCUT2D eigenvalue weighted by molar-refractivity contribution is 0.311. The van der Waals surface area contributed by atoms with Crippen LogP contribution >= 0.6 is 24.0 Å². The number of halogens is 1. The van der Waals surface area contributed by atoms with Crippen molar-refractivity contribution < 1.29 is 14.0 Å². The Balaban J connectivity index is 0.00000363. The number of aliphatic imine (C=N–C) groups is 1. The van der Waals surface area contributed by atoms with E-state index in [-0.39, 0.29) is 24.0 Å². The van der Waals surface area contributed by atoms with Gasteiger partial charge in [-0.05, 0) is 43.2 Å². The van der Waals surface area contributed by atoms with Crippen LogP contribution in [-0.4, -0.2) is 43.4 Å². The molecule has 0 bridgehead atoms. The molecule has 2 aromatic carbocycles. The maximum atomic E-state index is 5.56. The summed E-state index contributed by atoms with van der Waals surface area (Å²) in [7, 11) is 3.37. The Hall–Kier alpha value is -2.82. The highest BCUT2D eigenvalue weighted by Gasteiger charge is 2.08. The number of guanidine groups is 1. The van der Waals surface area contributed by atoms with E-state index in [9.17, 15) is 0 Å². The zero-order chi connectivity index (χ0) is 22.1. The SMILES string of the molecule is CCOc1ccc(NC(=NC)NCCc2ccc(-c3nc(CC)no3)cc2)cc1OC.I. The zero-order valence-electron chi connectivity index (χ0n) is 18.8. The normalized spacial score (nSPS) is 10.9. The van der Waals surface area contributed by atoms with Crippen LogP contribution in [0.3, 0.4) is 0 Å². The molecule has 0 unspecified atom stereocenters. The Kier molecular flexibility index (Phi) is 10.3. The summed E-state index contributed by atoms with van der Waals surface area (Å²) in [5.41, 5.74) is 2.99. The van der Waals surface area contributed by atoms with Gasteiger partial charge in [0.2, 0.25) is 0 Å². The number of ether oxygens (including phenoxy) is 2. The number of anilines is 1. The molecule has 8 nitrogen and oxygen atoms in total. The average molecular weight is 551 g/mol. The first kappa shape index (κ1) is 25.4. The van der Waals surface area contributed by atoms with Crippen molar-refractivity contribution in [1.82, 2.24) is 15.5 Å². The summed E-state index contributed by atoms with van der Waals surface area (Å²) in [6, 6.07) is 13.8. The number of rotatable bonds is 9. The van der Waals surface area contributed by atoms with Gasteiger partial charge in [0.15, 0.2) is 23.3 Å². The van der Waals surface area contributed by atoms with Crippen LogP contribution in [0.15, 0.2) is 52.0 Å². The predicted octanol–water partition coefficient (Wildman–Crippen LogP) is 4.55. The fourth-order valence-electron chi connectivity index (χ4n) is 2.99. The van der Waals surface area contributed by atoms with E-state index in [1.165, 1.54) is 5.56 Å². The first-order valence-corrected chi connectivity index (χ1v) is 10.4. The molecule has 0 aliphatic rings. The van der Waals surface area contributed by atoms with Crippen molar-refractivity contribution >= 4 is 35.6 Å². The minimum Gasteiger partial charge on any atom is -0.493 e. The van der Waals surface area contributed by atoms with Crippen molar-refractivity contribution in [1.29, 1.82) is 0 Å². The molecule has 0 saturated carbocycles. The Labute approximate surface area is 205 Å². The maximum Gasteiger partial charge on any atom is 0.257 e. The third-order valence-electron chi connectivity index (χ3n) is 4.64. The van der Waals surface area contributed by atoms with Crippen LogP contribution in [0, 0.1) is 0 Å². The quantitative estimate of drug-likeness (QED) is 0.229. The summed E-state index contributed by atoms with van der Waals surface area (Å²) < 4.78 is 16.2. The first-order chi connectivity index (χ1) is 15.2. The summed E-state index contributed by atoms with van der Waals surface area (Å²) in [4.78, 5) is 8.65. The van der Waals surface area contributed by atoms with Gasteiger partial charge >= 0.3 is 0 Å². The van der Waals surface area contributed by atoms with Crippen molar-refractivity contribution in [3.8, 4) is 23.0 Å². The minimum atomic E-state index is 0. The lowest BCUT2D eigenvalue weighted by Crippen LogP contribution is -2.32. The highest BCUT2D eigenvalue weighted by Crippen LogP contribution is 2.30. The van der Waals surface area contributed by atoms with E-state index in [4.69, 9.17) is 14.0 Å². The van der Waals surface area contributed by atoms with Crippen LogP contribution < -0.4 is 20.1 Å². The van der Waals surface area contributed by atoms with Crippen LogP contribution in [-0.2, 0) is 12.8 Å². The molecule has 3 aromatic rings. The number of hydrogen-bond acceptors (Lipinski definition) is 6. The van der Waals surface area contributed by atoms with E-state index in [0.717, 1.165) is 30.6 Å². The third-order valence-corrected chi connectivity index (χ3v) is 4.64. The fraction of sp³-hybridized carbons (Fsp3) is 0.348. The molecule has 0 atom stereocenters. The van der Waals surface area contributed by atoms with Gasteiger partial charge in [0.1, 0.15) is 0 Å². The molecule has 0 saturated heterocycles. The second-order valence-corrected chi connectivity index (χ2v) is 6.74. The number of aromatic nitrogens is 2. The molecule has 0 aliphatic carbocycles. The van der Waals surface area contributed by atoms with Crippen LogP contribution in [0.1, 0.15) is 25.2 Å². The molecular formula is C23H30IN5O3. The van der Waals surface area contributed by atoms with Crippen molar-refractivity contribution in [3.05, 3.63) is 53.9 Å². The Morgan fingerprint density at radius 3 is 2.50 bits per heavy atom. The smallest absolute Gasteiger partial charge is 0.257 e. The molecule has 1 aromatic heterocycles. The predicted molar refractivity (Wildman–Crippen MR) is 137 cm³/mol. The van der Waals surface area contributed by atoms with E-state index in [2.05, 4.69) is 37.9 Å². The van der Waals surface area contributed by atoms with Crippen molar-refractivity contribution in [2.75, 3.05) is 32.6 Å². The van der Waals surface area contributed by atoms with E-state index >= 15 is 0 Å². The molecule has 2 N–H and O–H groups in total. The molecule has 1 heterocycles. The van der Waals surface area contributed by atoms with Gasteiger partial charge in [-0.25, -0.2) is 0 Å². The molecule has 0 spiro atoms. The van der Waals surface area contributed by atoms with Crippen LogP contribution in [0.2, 0.25) is 0 Å². The standard InChI is InChI=1S/C23H29N5O3.HI/c1-5-21-27-22(31-28-21)17-9-7-16(8-10-17)13-14-25-23(24-3)26-18-11-12-19(30-6-2)20(15-18)29-4;/h7-12,15H,5-6,13-14H2,1-4H3,(H2,24,25,26);1H. The van der Waals surface area contributed by atoms with E-state index in [1.54, 1.807) is 14.2 Å². The van der Waals surface area contributed by atoms with Gasteiger partial charge in [-0.15, -0.1) is 24.0 Å². The Morgan fingerprint density at radius 2 is 1.88 bits per heavy atom. The molecule has 0 fully saturated rings. The minimum absolute atomic E-state index is 0. The topological polar surface area (TPSA) is 93.8 Å². The number of benzene rings is 2. The summed E-state index contributed by atoms with van der Waals surface area (Å²) in [6.07, 6.45) is 1.60. The number of nitrogens with zero attached hydrogens (tertiary/aromatic N) is 3. The molecular weight excluding hydrogens is 521 g/mol. The van der Waals surface area contributed by atoms with Gasteiger partial charge in [0.25, 0.3) is 5.89 Å². The van der Waals surface area contributed by atoms with Crippen molar-refractivity contribution in [3.63, 3.8) is 0 Å². The Bertz CT molecular complexity index is 1010. The van der Waals surface area contributed by atoms with Gasteiger partial charge in [0, 0.05) is 37.3 Å². The molecule has 172 valence electrons. The average Bonchev–Trinajstić information content (AvgIpc) is 3.29.